The predicted molar refractivity (Wildman–Crippen MR) is 253 cm³/mol. The number of rotatable bonds is 35. The molecule has 0 aliphatic carbocycles. The Kier molecular flexibility index (Phi) is 33.4. The molecule has 2 rings (SSSR count). The Bertz CT molecular complexity index is 1410. The van der Waals surface area contributed by atoms with Crippen LogP contribution in [0.25, 0.3) is 0 Å². The van der Waals surface area contributed by atoms with Crippen LogP contribution in [0.2, 0.25) is 0 Å². The van der Waals surface area contributed by atoms with Crippen LogP contribution in [-0.4, -0.2) is 140 Å². The molecule has 2 aliphatic rings. The van der Waals surface area contributed by atoms with E-state index in [1.54, 1.807) is 6.08 Å². The summed E-state index contributed by atoms with van der Waals surface area (Å²) in [5.41, 5.74) is 0. The van der Waals surface area contributed by atoms with Crippen molar-refractivity contribution in [3.05, 3.63) is 85.1 Å². The van der Waals surface area contributed by atoms with Crippen molar-refractivity contribution in [2.45, 2.75) is 209 Å². The number of amides is 1. The van der Waals surface area contributed by atoms with Crippen LogP contribution in [0, 0.1) is 0 Å². The molecule has 2 aliphatic heterocycles. The van der Waals surface area contributed by atoms with Crippen molar-refractivity contribution >= 4 is 5.91 Å². The van der Waals surface area contributed by atoms with Crippen LogP contribution in [0.3, 0.4) is 0 Å². The van der Waals surface area contributed by atoms with Crippen LogP contribution in [0.15, 0.2) is 85.1 Å². The van der Waals surface area contributed by atoms with Gasteiger partial charge in [-0.1, -0.05) is 137 Å². The van der Waals surface area contributed by atoms with Gasteiger partial charge in [-0.05, 0) is 77.0 Å². The van der Waals surface area contributed by atoms with E-state index in [1.807, 2.05) is 6.08 Å². The van der Waals surface area contributed by atoms with Crippen molar-refractivity contribution in [2.75, 3.05) is 19.8 Å². The molecule has 0 aromatic rings. The second-order valence-corrected chi connectivity index (χ2v) is 16.8. The van der Waals surface area contributed by atoms with Crippen molar-refractivity contribution in [3.8, 4) is 0 Å². The number of unbranched alkanes of at least 4 members (excludes halogenated alkanes) is 10. The highest BCUT2D eigenvalue weighted by molar-refractivity contribution is 5.76. The molecule has 2 heterocycles. The van der Waals surface area contributed by atoms with Crippen molar-refractivity contribution in [2.24, 2.45) is 0 Å². The van der Waals surface area contributed by atoms with Crippen molar-refractivity contribution < 1.29 is 64.6 Å². The monoisotopic (exact) mass is 920 g/mol. The van der Waals surface area contributed by atoms with Gasteiger partial charge < -0.3 is 65.1 Å². The van der Waals surface area contributed by atoms with Crippen molar-refractivity contribution in [3.63, 3.8) is 0 Å². The molecule has 14 nitrogen and oxygen atoms in total. The van der Waals surface area contributed by atoms with E-state index in [1.165, 1.54) is 19.3 Å². The SMILES string of the molecule is CC/C=C\C/C=C\C/C=C\C/C=C\C/C=C\CCCCCCCC(=O)NC(COC1OC(CO)C(OC2OC(CO)C(O)C(O)C2O)C(O)C1O)C(O)/C=C/CC/C=C/CCCCCC. The van der Waals surface area contributed by atoms with Crippen molar-refractivity contribution in [1.29, 1.82) is 0 Å². The quantitative estimate of drug-likeness (QED) is 0.0270. The van der Waals surface area contributed by atoms with E-state index in [0.717, 1.165) is 83.5 Å². The lowest BCUT2D eigenvalue weighted by molar-refractivity contribution is -0.359. The van der Waals surface area contributed by atoms with E-state index < -0.39 is 86.8 Å². The summed E-state index contributed by atoms with van der Waals surface area (Å²) in [5, 5.41) is 86.5. The third-order valence-corrected chi connectivity index (χ3v) is 11.3. The molecular weight excluding hydrogens is 835 g/mol. The Balaban J connectivity index is 1.84. The average Bonchev–Trinajstić information content (AvgIpc) is 3.30. The van der Waals surface area contributed by atoms with Crippen molar-refractivity contribution in [1.82, 2.24) is 5.32 Å². The van der Waals surface area contributed by atoms with Gasteiger partial charge in [-0.15, -0.1) is 0 Å². The molecule has 0 saturated carbocycles. The van der Waals surface area contributed by atoms with E-state index in [9.17, 15) is 45.6 Å². The first-order chi connectivity index (χ1) is 31.6. The standard InChI is InChI=1S/C51H85NO13/c1-3-5-7-9-11-13-15-16-17-18-19-20-21-22-23-24-25-27-29-31-33-35-43(56)52-39(40(55)34-32-30-28-26-14-12-10-8-6-4-2)38-62-50-48(61)46(59)49(42(37-54)64-50)65-51-47(60)45(58)44(57)41(36-53)63-51/h5,7,11,13-14,16-17,19-20,22-23,26,32,34,39-42,44-51,53-55,57-61H,3-4,6,8-10,12,15,18,21,24-25,27-31,33,35-38H2,1-2H3,(H,52,56)/b7-5-,13-11-,17-16-,20-19-,23-22-,26-14+,34-32+. The van der Waals surface area contributed by atoms with E-state index >= 15 is 0 Å². The van der Waals surface area contributed by atoms with Gasteiger partial charge in [0.15, 0.2) is 12.6 Å². The molecule has 1 amide bonds. The number of hydrogen-bond donors (Lipinski definition) is 9. The molecule has 14 heteroatoms. The molecular formula is C51H85NO13. The maximum absolute atomic E-state index is 13.1. The first-order valence-corrected chi connectivity index (χ1v) is 24.3. The topological polar surface area (TPSA) is 228 Å². The molecule has 0 radical (unpaired) electrons. The Morgan fingerprint density at radius 3 is 1.69 bits per heavy atom. The third-order valence-electron chi connectivity index (χ3n) is 11.3. The lowest BCUT2D eigenvalue weighted by atomic mass is 9.97. The fourth-order valence-corrected chi connectivity index (χ4v) is 7.33. The molecule has 2 fully saturated rings. The summed E-state index contributed by atoms with van der Waals surface area (Å²) in [5.74, 6) is -0.276. The van der Waals surface area contributed by atoms with E-state index in [2.05, 4.69) is 92.1 Å². The Morgan fingerprint density at radius 2 is 1.08 bits per heavy atom. The lowest BCUT2D eigenvalue weighted by Gasteiger charge is -2.46. The first kappa shape index (κ1) is 58.3. The van der Waals surface area contributed by atoms with Gasteiger partial charge in [0.25, 0.3) is 0 Å². The zero-order valence-corrected chi connectivity index (χ0v) is 39.2. The zero-order chi connectivity index (χ0) is 47.5. The van der Waals surface area contributed by atoms with Crippen LogP contribution in [0.4, 0.5) is 0 Å². The molecule has 65 heavy (non-hydrogen) atoms. The summed E-state index contributed by atoms with van der Waals surface area (Å²) in [6.07, 6.45) is 30.6. The van der Waals surface area contributed by atoms with E-state index in [-0.39, 0.29) is 18.9 Å². The number of aliphatic hydroxyl groups excluding tert-OH is 8. The average molecular weight is 920 g/mol. The Hall–Kier alpha value is -2.83. The molecule has 9 N–H and O–H groups in total. The van der Waals surface area contributed by atoms with E-state index in [0.29, 0.717) is 12.8 Å². The fourth-order valence-electron chi connectivity index (χ4n) is 7.33. The predicted octanol–water partition coefficient (Wildman–Crippen LogP) is 5.82. The molecule has 12 atom stereocenters. The summed E-state index contributed by atoms with van der Waals surface area (Å²) < 4.78 is 22.6. The Labute approximate surface area is 389 Å². The van der Waals surface area contributed by atoms with Gasteiger partial charge in [0.1, 0.15) is 48.8 Å². The Morgan fingerprint density at radius 1 is 0.569 bits per heavy atom. The number of aliphatic hydroxyl groups is 8. The fraction of sp³-hybridized carbons (Fsp3) is 0.706. The normalized spacial score (nSPS) is 27.8. The van der Waals surface area contributed by atoms with Crippen LogP contribution < -0.4 is 5.32 Å². The van der Waals surface area contributed by atoms with Gasteiger partial charge in [-0.2, -0.15) is 0 Å². The number of carbonyl (C=O) groups excluding carboxylic acids is 1. The van der Waals surface area contributed by atoms with Gasteiger partial charge in [0.05, 0.1) is 32.0 Å². The number of allylic oxidation sites excluding steroid dienone is 13. The zero-order valence-electron chi connectivity index (χ0n) is 39.2. The van der Waals surface area contributed by atoms with Gasteiger partial charge >= 0.3 is 0 Å². The highest BCUT2D eigenvalue weighted by Crippen LogP contribution is 2.30. The van der Waals surface area contributed by atoms with Crippen LogP contribution in [-0.2, 0) is 23.7 Å². The van der Waals surface area contributed by atoms with Crippen LogP contribution >= 0.6 is 0 Å². The highest BCUT2D eigenvalue weighted by atomic mass is 16.7. The highest BCUT2D eigenvalue weighted by Gasteiger charge is 2.51. The van der Waals surface area contributed by atoms with E-state index in [4.69, 9.17) is 18.9 Å². The minimum absolute atomic E-state index is 0.246. The summed E-state index contributed by atoms with van der Waals surface area (Å²) in [4.78, 5) is 13.1. The molecule has 0 bridgehead atoms. The summed E-state index contributed by atoms with van der Waals surface area (Å²) in [6, 6.07) is -0.945. The summed E-state index contributed by atoms with van der Waals surface area (Å²) in [7, 11) is 0. The van der Waals surface area contributed by atoms with Gasteiger partial charge in [0.2, 0.25) is 5.91 Å². The number of hydrogen-bond acceptors (Lipinski definition) is 13. The largest absolute Gasteiger partial charge is 0.394 e. The second kappa shape index (κ2) is 37.2. The maximum Gasteiger partial charge on any atom is 0.220 e. The molecule has 372 valence electrons. The minimum atomic E-state index is -1.80. The molecule has 0 aromatic carbocycles. The lowest BCUT2D eigenvalue weighted by Crippen LogP contribution is -2.65. The second-order valence-electron chi connectivity index (χ2n) is 16.8. The number of carbonyl (C=O) groups is 1. The molecule has 0 spiro atoms. The van der Waals surface area contributed by atoms with Gasteiger partial charge in [0, 0.05) is 6.42 Å². The summed E-state index contributed by atoms with van der Waals surface area (Å²) in [6.45, 7) is 2.56. The molecule has 0 aromatic heterocycles. The maximum atomic E-state index is 13.1. The smallest absolute Gasteiger partial charge is 0.220 e. The van der Waals surface area contributed by atoms with Crippen LogP contribution in [0.1, 0.15) is 136 Å². The molecule has 2 saturated heterocycles. The van der Waals surface area contributed by atoms with Gasteiger partial charge in [-0.25, -0.2) is 0 Å². The van der Waals surface area contributed by atoms with Crippen LogP contribution in [0.5, 0.6) is 0 Å². The minimum Gasteiger partial charge on any atom is -0.394 e. The third kappa shape index (κ3) is 24.7. The first-order valence-electron chi connectivity index (χ1n) is 24.3. The molecule has 12 unspecified atom stereocenters. The summed E-state index contributed by atoms with van der Waals surface area (Å²) >= 11 is 0. The number of nitrogens with one attached hydrogen (secondary N) is 1. The van der Waals surface area contributed by atoms with Gasteiger partial charge in [-0.3, -0.25) is 4.79 Å². The number of ether oxygens (including phenoxy) is 4.